The smallest absolute Gasteiger partial charge is 0.228 e. The molecule has 0 aromatic rings. The lowest BCUT2D eigenvalue weighted by Crippen LogP contribution is -2.30. The van der Waals surface area contributed by atoms with Crippen molar-refractivity contribution in [2.45, 2.75) is 18.9 Å². The van der Waals surface area contributed by atoms with Gasteiger partial charge in [-0.2, -0.15) is 0 Å². The second-order valence-electron chi connectivity index (χ2n) is 2.40. The van der Waals surface area contributed by atoms with Crippen LogP contribution in [0, 0.1) is 0 Å². The summed E-state index contributed by atoms with van der Waals surface area (Å²) < 4.78 is 0. The Morgan fingerprint density at radius 3 is 2.44 bits per heavy atom. The van der Waals surface area contributed by atoms with E-state index in [1.165, 1.54) is 13.0 Å². The van der Waals surface area contributed by atoms with E-state index in [0.717, 1.165) is 0 Å². The first-order valence-electron chi connectivity index (χ1n) is 2.70. The lowest BCUT2D eigenvalue weighted by Gasteiger charge is -2.11. The van der Waals surface area contributed by atoms with Gasteiger partial charge in [0.2, 0.25) is 5.78 Å². The zero-order valence-electron chi connectivity index (χ0n) is 5.09. The molecule has 0 aliphatic heterocycles. The number of carbonyl (C=O) groups excluding carboxylic acids is 1. The third-order valence-corrected chi connectivity index (χ3v) is 1.41. The first-order chi connectivity index (χ1) is 4.04. The highest BCUT2D eigenvalue weighted by Gasteiger charge is 2.36. The molecule has 0 radical (unpaired) electrons. The van der Waals surface area contributed by atoms with E-state index in [-0.39, 0.29) is 12.2 Å². The second kappa shape index (κ2) is 1.57. The van der Waals surface area contributed by atoms with Crippen molar-refractivity contribution in [2.75, 3.05) is 0 Å². The van der Waals surface area contributed by atoms with Crippen LogP contribution in [0.4, 0.5) is 0 Å². The van der Waals surface area contributed by atoms with Gasteiger partial charge in [0.15, 0.2) is 5.76 Å². The quantitative estimate of drug-likeness (QED) is 0.488. The largest absolute Gasteiger partial charge is 0.505 e. The zero-order chi connectivity index (χ0) is 7.07. The summed E-state index contributed by atoms with van der Waals surface area (Å²) in [7, 11) is 0. The van der Waals surface area contributed by atoms with Gasteiger partial charge in [-0.3, -0.25) is 4.79 Å². The van der Waals surface area contributed by atoms with Gasteiger partial charge in [-0.1, -0.05) is 0 Å². The predicted molar refractivity (Wildman–Crippen MR) is 31.0 cm³/mol. The summed E-state index contributed by atoms with van der Waals surface area (Å²) in [6, 6.07) is 0. The fourth-order valence-electron chi connectivity index (χ4n) is 0.757. The summed E-state index contributed by atoms with van der Waals surface area (Å²) in [5.41, 5.74) is -1.36. The molecule has 0 heterocycles. The summed E-state index contributed by atoms with van der Waals surface area (Å²) in [4.78, 5) is 10.7. The third-order valence-electron chi connectivity index (χ3n) is 1.41. The monoisotopic (exact) mass is 128 g/mol. The molecule has 1 rings (SSSR count). The summed E-state index contributed by atoms with van der Waals surface area (Å²) in [5.74, 6) is -0.900. The Morgan fingerprint density at radius 2 is 2.33 bits per heavy atom. The van der Waals surface area contributed by atoms with Crippen LogP contribution in [-0.2, 0) is 4.79 Å². The molecule has 1 aliphatic carbocycles. The van der Waals surface area contributed by atoms with Crippen LogP contribution in [0.1, 0.15) is 13.3 Å². The van der Waals surface area contributed by atoms with Crippen molar-refractivity contribution >= 4 is 5.78 Å². The van der Waals surface area contributed by atoms with Crippen LogP contribution >= 0.6 is 0 Å². The first kappa shape index (κ1) is 6.29. The van der Waals surface area contributed by atoms with Crippen molar-refractivity contribution in [3.05, 3.63) is 11.8 Å². The molecule has 3 nitrogen and oxygen atoms in total. The van der Waals surface area contributed by atoms with Crippen LogP contribution in [-0.4, -0.2) is 21.6 Å². The summed E-state index contributed by atoms with van der Waals surface area (Å²) in [6.45, 7) is 1.38. The lowest BCUT2D eigenvalue weighted by atomic mass is 10.0. The molecule has 1 atom stereocenters. The van der Waals surface area contributed by atoms with E-state index in [4.69, 9.17) is 10.2 Å². The van der Waals surface area contributed by atoms with Crippen molar-refractivity contribution in [1.29, 1.82) is 0 Å². The number of hydrogen-bond donors (Lipinski definition) is 2. The van der Waals surface area contributed by atoms with E-state index >= 15 is 0 Å². The Kier molecular flexibility index (Phi) is 1.10. The second-order valence-corrected chi connectivity index (χ2v) is 2.40. The highest BCUT2D eigenvalue weighted by molar-refractivity contribution is 6.01. The normalized spacial score (nSPS) is 34.9. The third kappa shape index (κ3) is 0.833. The molecular weight excluding hydrogens is 120 g/mol. The molecule has 2 N–H and O–H groups in total. The van der Waals surface area contributed by atoms with Crippen molar-refractivity contribution < 1.29 is 15.0 Å². The fraction of sp³-hybridized carbons (Fsp3) is 0.500. The molecule has 0 aromatic heterocycles. The molecule has 0 amide bonds. The first-order valence-corrected chi connectivity index (χ1v) is 2.70. The number of carbonyl (C=O) groups is 1. The Labute approximate surface area is 52.6 Å². The number of rotatable bonds is 0. The Morgan fingerprint density at radius 1 is 1.78 bits per heavy atom. The maximum atomic E-state index is 10.7. The number of ketones is 1. The van der Waals surface area contributed by atoms with Gasteiger partial charge in [-0.15, -0.1) is 0 Å². The van der Waals surface area contributed by atoms with Crippen LogP contribution in [0.15, 0.2) is 11.8 Å². The van der Waals surface area contributed by atoms with Crippen molar-refractivity contribution in [1.82, 2.24) is 0 Å². The minimum Gasteiger partial charge on any atom is -0.505 e. The van der Waals surface area contributed by atoms with Crippen molar-refractivity contribution in [3.8, 4) is 0 Å². The van der Waals surface area contributed by atoms with Gasteiger partial charge in [-0.05, 0) is 13.0 Å². The maximum absolute atomic E-state index is 10.7. The number of aliphatic hydroxyl groups excluding tert-OH is 1. The molecule has 0 unspecified atom stereocenters. The van der Waals surface area contributed by atoms with Gasteiger partial charge in [0.05, 0.1) is 0 Å². The van der Waals surface area contributed by atoms with E-state index in [9.17, 15) is 4.79 Å². The molecule has 50 valence electrons. The molecule has 0 saturated heterocycles. The van der Waals surface area contributed by atoms with E-state index in [1.54, 1.807) is 0 Å². The van der Waals surface area contributed by atoms with Crippen molar-refractivity contribution in [2.24, 2.45) is 0 Å². The highest BCUT2D eigenvalue weighted by Crippen LogP contribution is 2.22. The van der Waals surface area contributed by atoms with Crippen LogP contribution in [0.25, 0.3) is 0 Å². The van der Waals surface area contributed by atoms with E-state index < -0.39 is 11.4 Å². The van der Waals surface area contributed by atoms with Gasteiger partial charge in [0, 0.05) is 6.42 Å². The van der Waals surface area contributed by atoms with Gasteiger partial charge in [0.1, 0.15) is 5.60 Å². The number of aliphatic hydroxyl groups is 2. The Bertz CT molecular complexity index is 179. The van der Waals surface area contributed by atoms with Crippen LogP contribution < -0.4 is 0 Å². The van der Waals surface area contributed by atoms with Crippen LogP contribution in [0.5, 0.6) is 0 Å². The molecule has 0 spiro atoms. The minimum atomic E-state index is -1.36. The molecule has 0 fully saturated rings. The summed E-state index contributed by atoms with van der Waals surface area (Å²) in [5, 5.41) is 17.8. The van der Waals surface area contributed by atoms with Gasteiger partial charge in [-0.25, -0.2) is 0 Å². The minimum absolute atomic E-state index is 0.220. The lowest BCUT2D eigenvalue weighted by molar-refractivity contribution is -0.132. The topological polar surface area (TPSA) is 57.5 Å². The molecule has 1 aliphatic rings. The van der Waals surface area contributed by atoms with E-state index in [0.29, 0.717) is 0 Å². The summed E-state index contributed by atoms with van der Waals surface area (Å²) >= 11 is 0. The number of hydrogen-bond acceptors (Lipinski definition) is 3. The Hall–Kier alpha value is -0.830. The van der Waals surface area contributed by atoms with E-state index in [1.807, 2.05) is 0 Å². The molecule has 0 saturated carbocycles. The molecule has 3 heteroatoms. The molecule has 0 aromatic carbocycles. The van der Waals surface area contributed by atoms with E-state index in [2.05, 4.69) is 0 Å². The molecule has 9 heavy (non-hydrogen) atoms. The highest BCUT2D eigenvalue weighted by atomic mass is 16.3. The molecule has 0 bridgehead atoms. The van der Waals surface area contributed by atoms with Crippen molar-refractivity contribution in [3.63, 3.8) is 0 Å². The summed E-state index contributed by atoms with van der Waals surface area (Å²) in [6.07, 6.45) is 1.54. The fourth-order valence-corrected chi connectivity index (χ4v) is 0.757. The van der Waals surface area contributed by atoms with Crippen LogP contribution in [0.2, 0.25) is 0 Å². The average Bonchev–Trinajstić information content (AvgIpc) is 1.97. The van der Waals surface area contributed by atoms with Gasteiger partial charge < -0.3 is 10.2 Å². The SMILES string of the molecule is C[C@]1(O)CC=C(O)C1=O. The number of Topliss-reactive ketones (excluding diaryl/α,β-unsaturated/α-hetero) is 1. The predicted octanol–water partition coefficient (Wildman–Crippen LogP) is 0.152. The average molecular weight is 128 g/mol. The molecular formula is C6H8O3. The zero-order valence-corrected chi connectivity index (χ0v) is 5.09. The van der Waals surface area contributed by atoms with Gasteiger partial charge >= 0.3 is 0 Å². The Balaban J connectivity index is 2.86. The van der Waals surface area contributed by atoms with Crippen LogP contribution in [0.3, 0.4) is 0 Å². The standard InChI is InChI=1S/C6H8O3/c1-6(9)3-2-4(7)5(6)8/h2,7,9H,3H2,1H3/t6-/m0/s1. The van der Waals surface area contributed by atoms with Gasteiger partial charge in [0.25, 0.3) is 0 Å². The maximum Gasteiger partial charge on any atom is 0.228 e.